The van der Waals surface area contributed by atoms with Gasteiger partial charge in [-0.05, 0) is 62.7 Å². The molecule has 3 nitrogen and oxygen atoms in total. The van der Waals surface area contributed by atoms with E-state index < -0.39 is 0 Å². The van der Waals surface area contributed by atoms with E-state index in [0.29, 0.717) is 5.92 Å². The zero-order valence-electron chi connectivity index (χ0n) is 11.0. The van der Waals surface area contributed by atoms with Gasteiger partial charge in [-0.25, -0.2) is 9.97 Å². The summed E-state index contributed by atoms with van der Waals surface area (Å²) in [5.74, 6) is 4.33. The van der Waals surface area contributed by atoms with Crippen LogP contribution in [-0.4, -0.2) is 9.97 Å². The van der Waals surface area contributed by atoms with Crippen molar-refractivity contribution in [3.05, 3.63) is 17.7 Å². The number of nitrogens with two attached hydrogens (primary N) is 1. The number of hydrogen-bond donors (Lipinski definition) is 1. The quantitative estimate of drug-likeness (QED) is 0.825. The van der Waals surface area contributed by atoms with Crippen molar-refractivity contribution in [3.8, 4) is 0 Å². The van der Waals surface area contributed by atoms with Gasteiger partial charge >= 0.3 is 0 Å². The molecule has 0 unspecified atom stereocenters. The van der Waals surface area contributed by atoms with E-state index in [0.717, 1.165) is 40.7 Å². The third-order valence-electron chi connectivity index (χ3n) is 5.66. The number of aromatic nitrogens is 2. The molecule has 4 aliphatic rings. The monoisotopic (exact) mass is 243 g/mol. The predicted molar refractivity (Wildman–Crippen MR) is 71.0 cm³/mol. The first kappa shape index (κ1) is 10.8. The van der Waals surface area contributed by atoms with E-state index >= 15 is 0 Å². The molecule has 0 atom stereocenters. The number of anilines is 1. The first-order valence-corrected chi connectivity index (χ1v) is 7.29. The van der Waals surface area contributed by atoms with E-state index in [9.17, 15) is 0 Å². The largest absolute Gasteiger partial charge is 0.396 e. The molecular formula is C15H21N3. The number of hydrogen-bond acceptors (Lipinski definition) is 3. The van der Waals surface area contributed by atoms with Gasteiger partial charge < -0.3 is 5.73 Å². The molecule has 4 aliphatic carbocycles. The van der Waals surface area contributed by atoms with Crippen LogP contribution in [0.15, 0.2) is 6.33 Å². The summed E-state index contributed by atoms with van der Waals surface area (Å²) in [5.41, 5.74) is 9.21. The van der Waals surface area contributed by atoms with Gasteiger partial charge in [0.05, 0.1) is 17.1 Å². The van der Waals surface area contributed by atoms with Gasteiger partial charge in [0.2, 0.25) is 0 Å². The van der Waals surface area contributed by atoms with E-state index in [2.05, 4.69) is 9.97 Å². The van der Waals surface area contributed by atoms with E-state index in [1.807, 2.05) is 6.92 Å². The SMILES string of the molecule is Cc1ncnc(C2C3CC4CC(C3)CC2C4)c1N. The maximum Gasteiger partial charge on any atom is 0.116 e. The molecule has 1 aromatic heterocycles. The van der Waals surface area contributed by atoms with Gasteiger partial charge in [0.15, 0.2) is 0 Å². The van der Waals surface area contributed by atoms with Crippen LogP contribution in [0.2, 0.25) is 0 Å². The van der Waals surface area contributed by atoms with Crippen molar-refractivity contribution < 1.29 is 0 Å². The maximum absolute atomic E-state index is 6.24. The molecule has 96 valence electrons. The summed E-state index contributed by atoms with van der Waals surface area (Å²) in [6, 6.07) is 0. The molecule has 0 saturated heterocycles. The highest BCUT2D eigenvalue weighted by molar-refractivity contribution is 5.48. The Morgan fingerprint density at radius 2 is 1.61 bits per heavy atom. The maximum atomic E-state index is 6.24. The van der Waals surface area contributed by atoms with Crippen molar-refractivity contribution in [2.75, 3.05) is 5.73 Å². The van der Waals surface area contributed by atoms with E-state index in [1.54, 1.807) is 6.33 Å². The summed E-state index contributed by atoms with van der Waals surface area (Å²) < 4.78 is 0. The smallest absolute Gasteiger partial charge is 0.116 e. The third-order valence-corrected chi connectivity index (χ3v) is 5.66. The Bertz CT molecular complexity index is 455. The highest BCUT2D eigenvalue weighted by atomic mass is 14.9. The molecule has 1 aromatic rings. The minimum atomic E-state index is 0.625. The zero-order chi connectivity index (χ0) is 12.3. The van der Waals surface area contributed by atoms with Crippen LogP contribution in [0, 0.1) is 30.6 Å². The molecule has 0 aromatic carbocycles. The second kappa shape index (κ2) is 3.69. The van der Waals surface area contributed by atoms with Crippen molar-refractivity contribution in [2.45, 2.75) is 44.9 Å². The first-order chi connectivity index (χ1) is 8.72. The van der Waals surface area contributed by atoms with Crippen LogP contribution in [0.25, 0.3) is 0 Å². The van der Waals surface area contributed by atoms with Gasteiger partial charge in [0.25, 0.3) is 0 Å². The van der Waals surface area contributed by atoms with Crippen molar-refractivity contribution in [2.24, 2.45) is 23.7 Å². The molecule has 5 rings (SSSR count). The van der Waals surface area contributed by atoms with Crippen LogP contribution in [0.4, 0.5) is 5.69 Å². The standard InChI is InChI=1S/C15H21N3/c1-8-14(16)15(18-7-17-8)13-11-3-9-2-10(5-11)6-12(13)4-9/h7,9-13H,2-6,16H2,1H3. The van der Waals surface area contributed by atoms with Crippen LogP contribution in [0.1, 0.15) is 49.4 Å². The van der Waals surface area contributed by atoms with Crippen molar-refractivity contribution in [1.82, 2.24) is 9.97 Å². The van der Waals surface area contributed by atoms with Crippen LogP contribution in [-0.2, 0) is 0 Å². The molecule has 2 N–H and O–H groups in total. The van der Waals surface area contributed by atoms with E-state index in [-0.39, 0.29) is 0 Å². The van der Waals surface area contributed by atoms with Gasteiger partial charge in [-0.1, -0.05) is 0 Å². The Balaban J connectivity index is 1.74. The lowest BCUT2D eigenvalue weighted by atomic mass is 9.51. The minimum absolute atomic E-state index is 0.625. The molecular weight excluding hydrogens is 222 g/mol. The van der Waals surface area contributed by atoms with Gasteiger partial charge in [-0.3, -0.25) is 0 Å². The summed E-state index contributed by atoms with van der Waals surface area (Å²) >= 11 is 0. The average molecular weight is 243 g/mol. The van der Waals surface area contributed by atoms with Gasteiger partial charge in [-0.15, -0.1) is 0 Å². The molecule has 0 amide bonds. The summed E-state index contributed by atoms with van der Waals surface area (Å²) in [5, 5.41) is 0. The Morgan fingerprint density at radius 3 is 2.22 bits per heavy atom. The van der Waals surface area contributed by atoms with Crippen LogP contribution < -0.4 is 5.73 Å². The Labute approximate surface area is 108 Å². The fourth-order valence-electron chi connectivity index (χ4n) is 5.14. The molecule has 18 heavy (non-hydrogen) atoms. The second-order valence-corrected chi connectivity index (χ2v) is 6.71. The van der Waals surface area contributed by atoms with E-state index in [1.165, 1.54) is 32.1 Å². The predicted octanol–water partition coefficient (Wildman–Crippen LogP) is 2.91. The van der Waals surface area contributed by atoms with Gasteiger partial charge in [0, 0.05) is 5.92 Å². The van der Waals surface area contributed by atoms with Crippen LogP contribution in [0.3, 0.4) is 0 Å². The Kier molecular flexibility index (Phi) is 2.21. The van der Waals surface area contributed by atoms with Crippen LogP contribution >= 0.6 is 0 Å². The highest BCUT2D eigenvalue weighted by Crippen LogP contribution is 2.60. The topological polar surface area (TPSA) is 51.8 Å². The Morgan fingerprint density at radius 1 is 1.00 bits per heavy atom. The lowest BCUT2D eigenvalue weighted by molar-refractivity contribution is -0.00395. The molecule has 4 bridgehead atoms. The normalized spacial score (nSPS) is 41.3. The molecule has 0 spiro atoms. The lowest BCUT2D eigenvalue weighted by Gasteiger charge is -2.54. The summed E-state index contributed by atoms with van der Waals surface area (Å²) in [6.45, 7) is 2.00. The number of rotatable bonds is 1. The summed E-state index contributed by atoms with van der Waals surface area (Å²) in [6.07, 6.45) is 8.87. The van der Waals surface area contributed by atoms with Crippen LogP contribution in [0.5, 0.6) is 0 Å². The molecule has 0 aliphatic heterocycles. The number of nitrogens with zero attached hydrogens (tertiary/aromatic N) is 2. The van der Waals surface area contributed by atoms with Crippen molar-refractivity contribution >= 4 is 5.69 Å². The molecule has 4 saturated carbocycles. The molecule has 0 radical (unpaired) electrons. The minimum Gasteiger partial charge on any atom is -0.396 e. The molecule has 4 fully saturated rings. The van der Waals surface area contributed by atoms with Gasteiger partial charge in [-0.2, -0.15) is 0 Å². The summed E-state index contributed by atoms with van der Waals surface area (Å²) in [4.78, 5) is 8.76. The fourth-order valence-corrected chi connectivity index (χ4v) is 5.14. The zero-order valence-corrected chi connectivity index (χ0v) is 11.0. The summed E-state index contributed by atoms with van der Waals surface area (Å²) in [7, 11) is 0. The third kappa shape index (κ3) is 1.42. The van der Waals surface area contributed by atoms with Gasteiger partial charge in [0.1, 0.15) is 6.33 Å². The molecule has 1 heterocycles. The number of nitrogen functional groups attached to an aromatic ring is 1. The first-order valence-electron chi connectivity index (χ1n) is 7.29. The highest BCUT2D eigenvalue weighted by Gasteiger charge is 2.49. The Hall–Kier alpha value is -1.12. The van der Waals surface area contributed by atoms with Crippen molar-refractivity contribution in [1.29, 1.82) is 0 Å². The van der Waals surface area contributed by atoms with Crippen molar-refractivity contribution in [3.63, 3.8) is 0 Å². The lowest BCUT2D eigenvalue weighted by Crippen LogP contribution is -2.44. The van der Waals surface area contributed by atoms with E-state index in [4.69, 9.17) is 5.73 Å². The second-order valence-electron chi connectivity index (χ2n) is 6.71. The molecule has 3 heteroatoms. The number of aryl methyl sites for hydroxylation is 1. The fraction of sp³-hybridized carbons (Fsp3) is 0.733. The average Bonchev–Trinajstić information content (AvgIpc) is 2.33.